The molecule has 0 aromatic heterocycles. The van der Waals surface area contributed by atoms with Gasteiger partial charge >= 0.3 is 0 Å². The molecule has 0 fully saturated rings. The van der Waals surface area contributed by atoms with Gasteiger partial charge in [-0.15, -0.1) is 0 Å². The van der Waals surface area contributed by atoms with Gasteiger partial charge in [-0.3, -0.25) is 0 Å². The molecule has 0 bridgehead atoms. The second-order valence-corrected chi connectivity index (χ2v) is 16.3. The maximum atomic E-state index is 2.48. The van der Waals surface area contributed by atoms with E-state index in [1.165, 1.54) is 77.9 Å². The highest BCUT2D eigenvalue weighted by molar-refractivity contribution is 6.00. The number of para-hydroxylation sites is 2. The van der Waals surface area contributed by atoms with Crippen molar-refractivity contribution in [2.45, 2.75) is 51.4 Å². The molecule has 2 aliphatic carbocycles. The van der Waals surface area contributed by atoms with E-state index >= 15 is 0 Å². The minimum atomic E-state index is -0.0460. The van der Waals surface area contributed by atoms with Crippen molar-refractivity contribution < 1.29 is 0 Å². The second-order valence-electron chi connectivity index (χ2n) is 16.3. The molecule has 0 N–H and O–H groups in total. The van der Waals surface area contributed by atoms with E-state index in [1.54, 1.807) is 0 Å². The molecular weight excluding hydrogens is 687 g/mol. The quantitative estimate of drug-likeness (QED) is 0.150. The van der Waals surface area contributed by atoms with Crippen molar-refractivity contribution in [1.29, 1.82) is 0 Å². The van der Waals surface area contributed by atoms with E-state index in [0.29, 0.717) is 0 Å². The molecule has 2 aliphatic rings. The fourth-order valence-corrected chi connectivity index (χ4v) is 10.3. The second kappa shape index (κ2) is 13.6. The third-order valence-corrected chi connectivity index (χ3v) is 13.2. The largest absolute Gasteiger partial charge is 0.309 e. The van der Waals surface area contributed by atoms with Gasteiger partial charge in [0.25, 0.3) is 0 Å². The molecule has 0 saturated heterocycles. The SMILES string of the molecule is CCC1(CC)c2ccccc2-c2c(-c3ccccc3N(c3ccc(-c4ccc5c(c4)C(C)(C)c4ccccc4-5)cc3)c3ccccc3-c3ccccc3)cccc21. The zero-order chi connectivity index (χ0) is 38.7. The van der Waals surface area contributed by atoms with Crippen LogP contribution in [0.25, 0.3) is 55.6 Å². The Kier molecular flexibility index (Phi) is 8.38. The van der Waals surface area contributed by atoms with Gasteiger partial charge in [-0.1, -0.05) is 185 Å². The minimum absolute atomic E-state index is 0.00185. The fourth-order valence-electron chi connectivity index (χ4n) is 10.3. The molecule has 57 heavy (non-hydrogen) atoms. The number of anilines is 3. The summed E-state index contributed by atoms with van der Waals surface area (Å²) < 4.78 is 0. The third kappa shape index (κ3) is 5.36. The zero-order valence-electron chi connectivity index (χ0n) is 33.3. The van der Waals surface area contributed by atoms with Crippen LogP contribution in [0, 0.1) is 0 Å². The van der Waals surface area contributed by atoms with Crippen molar-refractivity contribution in [2.75, 3.05) is 4.90 Å². The Morgan fingerprint density at radius 2 is 0.895 bits per heavy atom. The maximum Gasteiger partial charge on any atom is 0.0540 e. The standard InChI is InChI=1S/C56H47N/c1-5-56(6-2)49-27-15-11-24-47(49)54-46(25-18-28-50(54)56)45-23-13-17-30-53(45)57(52-29-16-12-21-42(52)39-19-8-7-9-20-39)41-34-31-38(32-35-41)40-33-36-44-43-22-10-14-26-48(43)55(3,4)51(44)37-40/h7-37H,5-6H2,1-4H3. The third-order valence-electron chi connectivity index (χ3n) is 13.2. The van der Waals surface area contributed by atoms with Crippen molar-refractivity contribution in [3.05, 3.63) is 210 Å². The first-order valence-electron chi connectivity index (χ1n) is 20.6. The molecule has 0 spiro atoms. The molecule has 10 rings (SSSR count). The van der Waals surface area contributed by atoms with Gasteiger partial charge in [-0.05, 0) is 110 Å². The lowest BCUT2D eigenvalue weighted by atomic mass is 9.73. The van der Waals surface area contributed by atoms with Gasteiger partial charge in [-0.2, -0.15) is 0 Å². The Hall–Kier alpha value is -6.44. The summed E-state index contributed by atoms with van der Waals surface area (Å²) in [4.78, 5) is 2.48. The molecule has 0 radical (unpaired) electrons. The van der Waals surface area contributed by atoms with Crippen LogP contribution in [0.15, 0.2) is 188 Å². The zero-order valence-corrected chi connectivity index (χ0v) is 33.3. The molecule has 1 heteroatoms. The first-order valence-corrected chi connectivity index (χ1v) is 20.6. The Morgan fingerprint density at radius 3 is 1.61 bits per heavy atom. The predicted octanol–water partition coefficient (Wildman–Crippen LogP) is 15.6. The normalized spacial score (nSPS) is 14.0. The lowest BCUT2D eigenvalue weighted by Crippen LogP contribution is -2.22. The van der Waals surface area contributed by atoms with Gasteiger partial charge in [-0.25, -0.2) is 0 Å². The summed E-state index contributed by atoms with van der Waals surface area (Å²) >= 11 is 0. The molecule has 8 aromatic rings. The van der Waals surface area contributed by atoms with E-state index in [-0.39, 0.29) is 10.8 Å². The summed E-state index contributed by atoms with van der Waals surface area (Å²) in [5.41, 5.74) is 21.9. The van der Waals surface area contributed by atoms with Crippen molar-refractivity contribution in [3.8, 4) is 55.6 Å². The molecule has 8 aromatic carbocycles. The molecule has 0 heterocycles. The molecule has 0 amide bonds. The van der Waals surface area contributed by atoms with Gasteiger partial charge in [0, 0.05) is 27.6 Å². The van der Waals surface area contributed by atoms with Crippen LogP contribution in [-0.4, -0.2) is 0 Å². The summed E-state index contributed by atoms with van der Waals surface area (Å²) in [5.74, 6) is 0. The van der Waals surface area contributed by atoms with Crippen molar-refractivity contribution in [2.24, 2.45) is 0 Å². The Morgan fingerprint density at radius 1 is 0.368 bits per heavy atom. The number of fused-ring (bicyclic) bond motifs is 6. The highest BCUT2D eigenvalue weighted by atomic mass is 15.1. The highest BCUT2D eigenvalue weighted by Crippen LogP contribution is 2.57. The summed E-state index contributed by atoms with van der Waals surface area (Å²) in [6, 6.07) is 70.0. The van der Waals surface area contributed by atoms with Crippen molar-refractivity contribution >= 4 is 17.1 Å². The number of hydrogen-bond acceptors (Lipinski definition) is 1. The van der Waals surface area contributed by atoms with Gasteiger partial charge in [0.05, 0.1) is 11.4 Å². The lowest BCUT2D eigenvalue weighted by molar-refractivity contribution is 0.490. The van der Waals surface area contributed by atoms with E-state index in [4.69, 9.17) is 0 Å². The smallest absolute Gasteiger partial charge is 0.0540 e. The van der Waals surface area contributed by atoms with Gasteiger partial charge in [0.1, 0.15) is 0 Å². The van der Waals surface area contributed by atoms with Gasteiger partial charge in [0.15, 0.2) is 0 Å². The molecule has 0 unspecified atom stereocenters. The number of rotatable bonds is 8. The van der Waals surface area contributed by atoms with Crippen LogP contribution < -0.4 is 4.90 Å². The summed E-state index contributed by atoms with van der Waals surface area (Å²) in [5, 5.41) is 0. The van der Waals surface area contributed by atoms with E-state index < -0.39 is 0 Å². The van der Waals surface area contributed by atoms with Crippen molar-refractivity contribution in [3.63, 3.8) is 0 Å². The first kappa shape index (κ1) is 35.0. The molecule has 0 aliphatic heterocycles. The van der Waals surface area contributed by atoms with Crippen LogP contribution in [0.5, 0.6) is 0 Å². The summed E-state index contributed by atoms with van der Waals surface area (Å²) in [6.45, 7) is 9.42. The molecule has 1 nitrogen and oxygen atoms in total. The van der Waals surface area contributed by atoms with Crippen LogP contribution in [0.4, 0.5) is 17.1 Å². The first-order chi connectivity index (χ1) is 27.9. The van der Waals surface area contributed by atoms with E-state index in [2.05, 4.69) is 221 Å². The summed E-state index contributed by atoms with van der Waals surface area (Å²) in [7, 11) is 0. The monoisotopic (exact) mass is 733 g/mol. The van der Waals surface area contributed by atoms with Gasteiger partial charge in [0.2, 0.25) is 0 Å². The summed E-state index contributed by atoms with van der Waals surface area (Å²) in [6.07, 6.45) is 2.13. The van der Waals surface area contributed by atoms with Crippen LogP contribution in [0.1, 0.15) is 62.8 Å². The van der Waals surface area contributed by atoms with E-state index in [1.807, 2.05) is 0 Å². The molecular formula is C56H47N. The fraction of sp³-hybridized carbons (Fsp3) is 0.143. The maximum absolute atomic E-state index is 2.48. The Balaban J connectivity index is 1.15. The number of benzene rings is 8. The minimum Gasteiger partial charge on any atom is -0.309 e. The average Bonchev–Trinajstić information content (AvgIpc) is 3.69. The number of nitrogens with zero attached hydrogens (tertiary/aromatic N) is 1. The Labute approximate surface area is 337 Å². The van der Waals surface area contributed by atoms with E-state index in [0.717, 1.165) is 29.9 Å². The van der Waals surface area contributed by atoms with Crippen LogP contribution in [0.3, 0.4) is 0 Å². The van der Waals surface area contributed by atoms with Crippen LogP contribution in [0.2, 0.25) is 0 Å². The van der Waals surface area contributed by atoms with Gasteiger partial charge < -0.3 is 4.90 Å². The predicted molar refractivity (Wildman–Crippen MR) is 242 cm³/mol. The average molecular weight is 734 g/mol. The van der Waals surface area contributed by atoms with E-state index in [9.17, 15) is 0 Å². The molecule has 276 valence electrons. The Bertz CT molecular complexity index is 2780. The lowest BCUT2D eigenvalue weighted by Gasteiger charge is -2.31. The topological polar surface area (TPSA) is 3.24 Å². The number of hydrogen-bond donors (Lipinski definition) is 0. The molecule has 0 saturated carbocycles. The van der Waals surface area contributed by atoms with Crippen LogP contribution >= 0.6 is 0 Å². The van der Waals surface area contributed by atoms with Crippen molar-refractivity contribution in [1.82, 2.24) is 0 Å². The van der Waals surface area contributed by atoms with Crippen LogP contribution in [-0.2, 0) is 10.8 Å². The highest BCUT2D eigenvalue weighted by Gasteiger charge is 2.41. The molecule has 0 atom stereocenters.